The maximum absolute atomic E-state index is 11.6. The number of hydrogen-bond donors (Lipinski definition) is 3. The molecule has 0 radical (unpaired) electrons. The van der Waals surface area contributed by atoms with Crippen molar-refractivity contribution in [2.75, 3.05) is 19.8 Å². The van der Waals surface area contributed by atoms with E-state index in [4.69, 9.17) is 16.2 Å². The Morgan fingerprint density at radius 3 is 2.26 bits per heavy atom. The minimum atomic E-state index is -0.609. The summed E-state index contributed by atoms with van der Waals surface area (Å²) in [6.45, 7) is 7.39. The molecule has 1 saturated heterocycles. The number of carbonyl (C=O) groups excluding carboxylic acids is 1. The van der Waals surface area contributed by atoms with Crippen molar-refractivity contribution in [2.24, 2.45) is 21.9 Å². The molecule has 1 heterocycles. The third-order valence-electron chi connectivity index (χ3n) is 3.03. The van der Waals surface area contributed by atoms with Gasteiger partial charge in [-0.05, 0) is 33.6 Å². The van der Waals surface area contributed by atoms with Crippen LogP contribution in [0.2, 0.25) is 0 Å². The molecule has 0 atom stereocenters. The van der Waals surface area contributed by atoms with Gasteiger partial charge in [-0.2, -0.15) is 0 Å². The van der Waals surface area contributed by atoms with Crippen molar-refractivity contribution in [2.45, 2.75) is 39.2 Å². The van der Waals surface area contributed by atoms with E-state index < -0.39 is 5.41 Å². The second-order valence-corrected chi connectivity index (χ2v) is 5.83. The molecule has 1 amide bonds. The molecule has 1 aliphatic rings. The number of primary amides is 1. The van der Waals surface area contributed by atoms with Crippen LogP contribution in [-0.4, -0.2) is 37.2 Å². The molecule has 6 nitrogen and oxygen atoms in total. The van der Waals surface area contributed by atoms with Gasteiger partial charge in [-0.25, -0.2) is 0 Å². The van der Waals surface area contributed by atoms with Gasteiger partial charge >= 0.3 is 0 Å². The Kier molecular flexibility index (Phi) is 7.06. The Balaban J connectivity index is 0.00000324. The number of ether oxygens (including phenoxy) is 1. The monoisotopic (exact) mass is 384 g/mol. The summed E-state index contributed by atoms with van der Waals surface area (Å²) in [6.07, 6.45) is 1.21. The standard InChI is InChI=1S/C12H24N4O2.HI/c1-11(2,3)16-10(14)15-8-12(9(13)17)4-6-18-7-5-12;/h4-8H2,1-3H3,(H2,13,17)(H3,14,15,16);1H. The smallest absolute Gasteiger partial charge is 0.225 e. The molecule has 7 heteroatoms. The van der Waals surface area contributed by atoms with Crippen LogP contribution in [0, 0.1) is 5.41 Å². The fraction of sp³-hybridized carbons (Fsp3) is 0.833. The third kappa shape index (κ3) is 5.94. The van der Waals surface area contributed by atoms with Crippen molar-refractivity contribution < 1.29 is 9.53 Å². The number of nitrogens with one attached hydrogen (secondary N) is 1. The van der Waals surface area contributed by atoms with Gasteiger partial charge in [-0.3, -0.25) is 9.79 Å². The second-order valence-electron chi connectivity index (χ2n) is 5.83. The summed E-state index contributed by atoms with van der Waals surface area (Å²) < 4.78 is 5.26. The van der Waals surface area contributed by atoms with Crippen molar-refractivity contribution in [3.05, 3.63) is 0 Å². The molecule has 0 aromatic rings. The maximum atomic E-state index is 11.6. The quantitative estimate of drug-likeness (QED) is 0.377. The van der Waals surface area contributed by atoms with Gasteiger partial charge in [-0.1, -0.05) is 0 Å². The van der Waals surface area contributed by atoms with E-state index in [0.29, 0.717) is 38.6 Å². The summed E-state index contributed by atoms with van der Waals surface area (Å²) in [6, 6.07) is 0. The minimum Gasteiger partial charge on any atom is -0.381 e. The van der Waals surface area contributed by atoms with Gasteiger partial charge in [0.2, 0.25) is 5.91 Å². The van der Waals surface area contributed by atoms with Crippen molar-refractivity contribution in [3.8, 4) is 0 Å². The number of aliphatic imine (C=N–C) groups is 1. The van der Waals surface area contributed by atoms with Gasteiger partial charge in [0.1, 0.15) is 0 Å². The minimum absolute atomic E-state index is 0. The lowest BCUT2D eigenvalue weighted by Gasteiger charge is -2.33. The molecule has 0 aromatic heterocycles. The van der Waals surface area contributed by atoms with E-state index in [1.54, 1.807) is 0 Å². The first kappa shape index (κ1) is 18.4. The third-order valence-corrected chi connectivity index (χ3v) is 3.03. The molecular weight excluding hydrogens is 359 g/mol. The van der Waals surface area contributed by atoms with Crippen molar-refractivity contribution in [3.63, 3.8) is 0 Å². The zero-order valence-electron chi connectivity index (χ0n) is 11.9. The molecule has 0 saturated carbocycles. The summed E-state index contributed by atoms with van der Waals surface area (Å²) in [5, 5.41) is 3.06. The first-order valence-corrected chi connectivity index (χ1v) is 6.21. The molecule has 5 N–H and O–H groups in total. The topological polar surface area (TPSA) is 103 Å². The van der Waals surface area contributed by atoms with Crippen LogP contribution < -0.4 is 16.8 Å². The fourth-order valence-electron chi connectivity index (χ4n) is 1.90. The highest BCUT2D eigenvalue weighted by molar-refractivity contribution is 14.0. The van der Waals surface area contributed by atoms with Crippen LogP contribution in [-0.2, 0) is 9.53 Å². The molecule has 0 aromatic carbocycles. The van der Waals surface area contributed by atoms with Crippen LogP contribution in [0.1, 0.15) is 33.6 Å². The lowest BCUT2D eigenvalue weighted by Crippen LogP contribution is -2.47. The SMILES string of the molecule is CC(C)(C)NC(N)=NCC1(C(N)=O)CCOCC1.I. The summed E-state index contributed by atoms with van der Waals surface area (Å²) in [4.78, 5) is 15.9. The summed E-state index contributed by atoms with van der Waals surface area (Å²) in [7, 11) is 0. The number of hydrogen-bond acceptors (Lipinski definition) is 3. The highest BCUT2D eigenvalue weighted by Crippen LogP contribution is 2.30. The van der Waals surface area contributed by atoms with E-state index >= 15 is 0 Å². The average Bonchev–Trinajstić information content (AvgIpc) is 2.25. The van der Waals surface area contributed by atoms with Crippen molar-refractivity contribution in [1.29, 1.82) is 0 Å². The van der Waals surface area contributed by atoms with Crippen LogP contribution in [0.15, 0.2) is 4.99 Å². The first-order valence-electron chi connectivity index (χ1n) is 6.21. The number of carbonyl (C=O) groups is 1. The number of guanidine groups is 1. The molecule has 0 spiro atoms. The number of halogens is 1. The largest absolute Gasteiger partial charge is 0.381 e. The highest BCUT2D eigenvalue weighted by atomic mass is 127. The van der Waals surface area contributed by atoms with Crippen LogP contribution in [0.3, 0.4) is 0 Å². The van der Waals surface area contributed by atoms with Crippen LogP contribution >= 0.6 is 24.0 Å². The summed E-state index contributed by atoms with van der Waals surface area (Å²) >= 11 is 0. The Morgan fingerprint density at radius 2 is 1.84 bits per heavy atom. The molecule has 0 unspecified atom stereocenters. The number of nitrogens with two attached hydrogens (primary N) is 2. The Bertz CT molecular complexity index is 333. The second kappa shape index (κ2) is 7.28. The normalized spacial score (nSPS) is 19.4. The van der Waals surface area contributed by atoms with E-state index in [-0.39, 0.29) is 35.4 Å². The van der Waals surface area contributed by atoms with E-state index in [9.17, 15) is 4.79 Å². The van der Waals surface area contributed by atoms with Crippen LogP contribution in [0.4, 0.5) is 0 Å². The lowest BCUT2D eigenvalue weighted by atomic mass is 9.79. The summed E-state index contributed by atoms with van der Waals surface area (Å²) in [5.41, 5.74) is 10.5. The molecule has 0 aliphatic carbocycles. The Hall–Kier alpha value is -0.570. The molecule has 1 aliphatic heterocycles. The average molecular weight is 384 g/mol. The van der Waals surface area contributed by atoms with Gasteiger partial charge in [0, 0.05) is 18.8 Å². The first-order chi connectivity index (χ1) is 8.25. The number of rotatable bonds is 3. The highest BCUT2D eigenvalue weighted by Gasteiger charge is 2.38. The molecule has 1 rings (SSSR count). The van der Waals surface area contributed by atoms with Gasteiger partial charge in [0.05, 0.1) is 12.0 Å². The van der Waals surface area contributed by atoms with E-state index in [2.05, 4.69) is 10.3 Å². The van der Waals surface area contributed by atoms with Gasteiger partial charge in [-0.15, -0.1) is 24.0 Å². The Labute approximate surface area is 131 Å². The predicted molar refractivity (Wildman–Crippen MR) is 86.5 cm³/mol. The lowest BCUT2D eigenvalue weighted by molar-refractivity contribution is -0.132. The van der Waals surface area contributed by atoms with Gasteiger partial charge < -0.3 is 21.5 Å². The predicted octanol–water partition coefficient (Wildman–Crippen LogP) is 0.589. The molecule has 19 heavy (non-hydrogen) atoms. The molecule has 0 bridgehead atoms. The van der Waals surface area contributed by atoms with E-state index in [1.165, 1.54) is 0 Å². The number of amides is 1. The Morgan fingerprint density at radius 1 is 1.32 bits per heavy atom. The molecule has 112 valence electrons. The van der Waals surface area contributed by atoms with E-state index in [1.807, 2.05) is 20.8 Å². The number of nitrogens with zero attached hydrogens (tertiary/aromatic N) is 1. The summed E-state index contributed by atoms with van der Waals surface area (Å²) in [5.74, 6) is 0.0210. The van der Waals surface area contributed by atoms with Gasteiger partial charge in [0.25, 0.3) is 0 Å². The maximum Gasteiger partial charge on any atom is 0.225 e. The molecular formula is C12H25IN4O2. The van der Waals surface area contributed by atoms with Gasteiger partial charge in [0.15, 0.2) is 5.96 Å². The zero-order valence-corrected chi connectivity index (χ0v) is 14.2. The van der Waals surface area contributed by atoms with Crippen LogP contribution in [0.5, 0.6) is 0 Å². The van der Waals surface area contributed by atoms with Crippen LogP contribution in [0.25, 0.3) is 0 Å². The van der Waals surface area contributed by atoms with E-state index in [0.717, 1.165) is 0 Å². The zero-order chi connectivity index (χ0) is 13.8. The van der Waals surface area contributed by atoms with Crippen molar-refractivity contribution in [1.82, 2.24) is 5.32 Å². The fourth-order valence-corrected chi connectivity index (χ4v) is 1.90. The van der Waals surface area contributed by atoms with Crippen molar-refractivity contribution >= 4 is 35.8 Å². The molecule has 1 fully saturated rings.